The predicted octanol–water partition coefficient (Wildman–Crippen LogP) is 2.15. The van der Waals surface area contributed by atoms with Gasteiger partial charge in [-0.05, 0) is 24.5 Å². The molecule has 0 radical (unpaired) electrons. The van der Waals surface area contributed by atoms with E-state index in [1.165, 1.54) is 13.2 Å². The van der Waals surface area contributed by atoms with Crippen molar-refractivity contribution in [2.24, 2.45) is 5.92 Å². The highest BCUT2D eigenvalue weighted by molar-refractivity contribution is 5.99. The first-order valence-corrected chi connectivity index (χ1v) is 8.55. The van der Waals surface area contributed by atoms with Crippen LogP contribution in [-0.2, 0) is 23.9 Å². The number of aryl methyl sites for hydroxylation is 1. The zero-order valence-corrected chi connectivity index (χ0v) is 15.9. The number of carbonyl (C=O) groups excluding carboxylic acids is 3. The molecule has 0 fully saturated rings. The number of amides is 1. The van der Waals surface area contributed by atoms with Crippen LogP contribution in [0.25, 0.3) is 6.08 Å². The van der Waals surface area contributed by atoms with Crippen LogP contribution in [0.5, 0.6) is 0 Å². The topological polar surface area (TPSA) is 105 Å². The van der Waals surface area contributed by atoms with Crippen molar-refractivity contribution < 1.29 is 23.9 Å². The molecule has 144 valence electrons. The Morgan fingerprint density at radius 2 is 1.89 bits per heavy atom. The Bertz CT molecular complexity index is 747. The normalized spacial score (nSPS) is 13.1. The van der Waals surface area contributed by atoms with E-state index in [1.807, 2.05) is 26.0 Å². The van der Waals surface area contributed by atoms with Crippen LogP contribution in [0.15, 0.2) is 29.8 Å². The summed E-state index contributed by atoms with van der Waals surface area (Å²) in [4.78, 5) is 35.8. The number of methoxy groups -OCH3 is 1. The number of nitriles is 1. The van der Waals surface area contributed by atoms with Gasteiger partial charge in [-0.15, -0.1) is 0 Å². The first kappa shape index (κ1) is 21.9. The molecular formula is C20H24N2O5. The van der Waals surface area contributed by atoms with Gasteiger partial charge in [0.2, 0.25) is 0 Å². The number of carbonyl (C=O) groups is 3. The number of benzene rings is 1. The van der Waals surface area contributed by atoms with Crippen molar-refractivity contribution in [1.82, 2.24) is 5.32 Å². The quantitative estimate of drug-likeness (QED) is 0.426. The van der Waals surface area contributed by atoms with Crippen LogP contribution in [-0.4, -0.2) is 37.6 Å². The van der Waals surface area contributed by atoms with Gasteiger partial charge in [0.1, 0.15) is 17.7 Å². The van der Waals surface area contributed by atoms with Crippen molar-refractivity contribution in [3.05, 3.63) is 41.0 Å². The van der Waals surface area contributed by atoms with E-state index < -0.39 is 30.5 Å². The van der Waals surface area contributed by atoms with E-state index in [0.717, 1.165) is 5.56 Å². The molecule has 0 unspecified atom stereocenters. The maximum atomic E-state index is 12.0. The molecule has 0 aliphatic carbocycles. The van der Waals surface area contributed by atoms with E-state index in [2.05, 4.69) is 10.1 Å². The second kappa shape index (κ2) is 10.8. The summed E-state index contributed by atoms with van der Waals surface area (Å²) in [5, 5.41) is 11.6. The van der Waals surface area contributed by atoms with E-state index in [9.17, 15) is 14.4 Å². The van der Waals surface area contributed by atoms with Gasteiger partial charge in [0.05, 0.1) is 7.11 Å². The fraction of sp³-hybridized carbons (Fsp3) is 0.400. The molecule has 0 saturated carbocycles. The van der Waals surface area contributed by atoms with Gasteiger partial charge in [0.25, 0.3) is 5.91 Å². The fourth-order valence-corrected chi connectivity index (χ4v) is 2.19. The third-order valence-corrected chi connectivity index (χ3v) is 4.05. The summed E-state index contributed by atoms with van der Waals surface area (Å²) < 4.78 is 9.57. The number of hydrogen-bond acceptors (Lipinski definition) is 6. The van der Waals surface area contributed by atoms with Gasteiger partial charge in [-0.2, -0.15) is 5.26 Å². The molecule has 7 heteroatoms. The van der Waals surface area contributed by atoms with Gasteiger partial charge in [-0.3, -0.25) is 4.79 Å². The van der Waals surface area contributed by atoms with Crippen molar-refractivity contribution in [3.8, 4) is 6.07 Å². The third kappa shape index (κ3) is 6.94. The summed E-state index contributed by atoms with van der Waals surface area (Å²) in [7, 11) is 1.24. The molecule has 1 amide bonds. The third-order valence-electron chi connectivity index (χ3n) is 4.05. The molecule has 0 aliphatic rings. The lowest BCUT2D eigenvalue weighted by atomic mass is 9.99. The summed E-state index contributed by atoms with van der Waals surface area (Å²) in [6, 6.07) is 8.16. The van der Waals surface area contributed by atoms with Gasteiger partial charge in [0, 0.05) is 0 Å². The predicted molar refractivity (Wildman–Crippen MR) is 99.1 cm³/mol. The zero-order valence-electron chi connectivity index (χ0n) is 15.9. The number of nitrogens with zero attached hydrogens (tertiary/aromatic N) is 1. The summed E-state index contributed by atoms with van der Waals surface area (Å²) in [6.45, 7) is 5.00. The Hall–Kier alpha value is -3.14. The highest BCUT2D eigenvalue weighted by Crippen LogP contribution is 2.11. The molecule has 0 heterocycles. The first-order valence-electron chi connectivity index (χ1n) is 8.55. The summed E-state index contributed by atoms with van der Waals surface area (Å²) in [6.07, 6.45) is 2.04. The largest absolute Gasteiger partial charge is 0.467 e. The van der Waals surface area contributed by atoms with Crippen LogP contribution in [0.1, 0.15) is 31.4 Å². The first-order chi connectivity index (χ1) is 12.8. The average molecular weight is 372 g/mol. The minimum absolute atomic E-state index is 0.145. The summed E-state index contributed by atoms with van der Waals surface area (Å²) in [5.41, 5.74) is 1.49. The van der Waals surface area contributed by atoms with E-state index in [1.54, 1.807) is 25.1 Å². The molecule has 1 rings (SSSR count). The highest BCUT2D eigenvalue weighted by atomic mass is 16.5. The lowest BCUT2D eigenvalue weighted by Crippen LogP contribution is -2.47. The SMILES string of the molecule is CC[C@@H](C)[C@H](NC(=O)COC(=O)/C(C#N)=C/c1ccc(C)cc1)C(=O)OC. The maximum absolute atomic E-state index is 12.0. The molecule has 0 spiro atoms. The monoisotopic (exact) mass is 372 g/mol. The minimum atomic E-state index is -0.911. The zero-order chi connectivity index (χ0) is 20.4. The smallest absolute Gasteiger partial charge is 0.349 e. The molecule has 0 saturated heterocycles. The van der Waals surface area contributed by atoms with E-state index >= 15 is 0 Å². The van der Waals surface area contributed by atoms with Crippen LogP contribution in [0, 0.1) is 24.2 Å². The Morgan fingerprint density at radius 1 is 1.26 bits per heavy atom. The van der Waals surface area contributed by atoms with Crippen LogP contribution in [0.4, 0.5) is 0 Å². The molecule has 27 heavy (non-hydrogen) atoms. The van der Waals surface area contributed by atoms with E-state index in [0.29, 0.717) is 12.0 Å². The van der Waals surface area contributed by atoms with Crippen molar-refractivity contribution in [1.29, 1.82) is 5.26 Å². The summed E-state index contributed by atoms with van der Waals surface area (Å²) in [5.74, 6) is -2.27. The molecule has 2 atom stereocenters. The molecule has 0 bridgehead atoms. The fourth-order valence-electron chi connectivity index (χ4n) is 2.19. The molecule has 7 nitrogen and oxygen atoms in total. The van der Waals surface area contributed by atoms with Crippen LogP contribution in [0.2, 0.25) is 0 Å². The molecule has 0 aliphatic heterocycles. The Balaban J connectivity index is 2.70. The number of esters is 2. The van der Waals surface area contributed by atoms with Crippen molar-refractivity contribution >= 4 is 23.9 Å². The molecule has 1 N–H and O–H groups in total. The standard InChI is InChI=1S/C20H24N2O5/c1-5-14(3)18(20(25)26-4)22-17(23)12-27-19(24)16(11-21)10-15-8-6-13(2)7-9-15/h6-10,14,18H,5,12H2,1-4H3,(H,22,23)/b16-10+/t14-,18+/m1/s1. The van der Waals surface area contributed by atoms with E-state index in [-0.39, 0.29) is 11.5 Å². The maximum Gasteiger partial charge on any atom is 0.349 e. The highest BCUT2D eigenvalue weighted by Gasteiger charge is 2.27. The van der Waals surface area contributed by atoms with Gasteiger partial charge < -0.3 is 14.8 Å². The molecule has 1 aromatic rings. The second-order valence-electron chi connectivity index (χ2n) is 6.11. The van der Waals surface area contributed by atoms with Crippen molar-refractivity contribution in [2.45, 2.75) is 33.2 Å². The number of rotatable bonds is 8. The van der Waals surface area contributed by atoms with Gasteiger partial charge >= 0.3 is 11.9 Å². The van der Waals surface area contributed by atoms with Crippen LogP contribution < -0.4 is 5.32 Å². The second-order valence-corrected chi connectivity index (χ2v) is 6.11. The Morgan fingerprint density at radius 3 is 2.41 bits per heavy atom. The molecular weight excluding hydrogens is 348 g/mol. The minimum Gasteiger partial charge on any atom is -0.467 e. The lowest BCUT2D eigenvalue weighted by molar-refractivity contribution is -0.149. The Kier molecular flexibility index (Phi) is 8.73. The lowest BCUT2D eigenvalue weighted by Gasteiger charge is -2.21. The van der Waals surface area contributed by atoms with Crippen molar-refractivity contribution in [3.63, 3.8) is 0 Å². The number of ether oxygens (including phenoxy) is 2. The molecule has 1 aromatic carbocycles. The summed E-state index contributed by atoms with van der Waals surface area (Å²) >= 11 is 0. The van der Waals surface area contributed by atoms with Gasteiger partial charge in [0.15, 0.2) is 6.61 Å². The van der Waals surface area contributed by atoms with Gasteiger partial charge in [-0.1, -0.05) is 50.1 Å². The Labute approximate surface area is 159 Å². The average Bonchev–Trinajstić information content (AvgIpc) is 2.68. The number of hydrogen-bond donors (Lipinski definition) is 1. The van der Waals surface area contributed by atoms with Crippen LogP contribution in [0.3, 0.4) is 0 Å². The van der Waals surface area contributed by atoms with Crippen molar-refractivity contribution in [2.75, 3.05) is 13.7 Å². The molecule has 0 aromatic heterocycles. The van der Waals surface area contributed by atoms with E-state index in [4.69, 9.17) is 10.00 Å². The number of nitrogens with one attached hydrogen (secondary N) is 1. The van der Waals surface area contributed by atoms with Gasteiger partial charge in [-0.25, -0.2) is 9.59 Å². The van der Waals surface area contributed by atoms with Crippen LogP contribution >= 0.6 is 0 Å².